The van der Waals surface area contributed by atoms with Crippen LogP contribution in [0.25, 0.3) is 0 Å². The number of rotatable bonds is 7. The van der Waals surface area contributed by atoms with Crippen LogP contribution in [0.3, 0.4) is 0 Å². The van der Waals surface area contributed by atoms with E-state index in [0.717, 1.165) is 31.6 Å². The average Bonchev–Trinajstić information content (AvgIpc) is 3.18. The van der Waals surface area contributed by atoms with Crippen LogP contribution in [0.15, 0.2) is 36.7 Å². The monoisotopic (exact) mass is 386 g/mol. The third-order valence-corrected chi connectivity index (χ3v) is 5.21. The fourth-order valence-electron chi connectivity index (χ4n) is 3.63. The van der Waals surface area contributed by atoms with Crippen molar-refractivity contribution in [3.8, 4) is 0 Å². The van der Waals surface area contributed by atoms with Crippen LogP contribution in [0.5, 0.6) is 0 Å². The Morgan fingerprint density at radius 1 is 1.29 bits per heavy atom. The fraction of sp³-hybridized carbons (Fsp3) is 0.476. The Bertz CT molecular complexity index is 803. The maximum atomic E-state index is 13.0. The summed E-state index contributed by atoms with van der Waals surface area (Å²) < 4.78 is 15.0. The fourth-order valence-corrected chi connectivity index (χ4v) is 3.63. The maximum Gasteiger partial charge on any atom is 0.251 e. The van der Waals surface area contributed by atoms with Crippen molar-refractivity contribution < 1.29 is 14.0 Å². The molecule has 1 aliphatic rings. The second-order valence-electron chi connectivity index (χ2n) is 7.21. The second kappa shape index (κ2) is 9.48. The Balaban J connectivity index is 1.46. The van der Waals surface area contributed by atoms with E-state index >= 15 is 0 Å². The normalized spacial score (nSPS) is 16.8. The largest absolute Gasteiger partial charge is 0.352 e. The first-order chi connectivity index (χ1) is 13.6. The zero-order chi connectivity index (χ0) is 19.9. The number of imidazole rings is 1. The van der Waals surface area contributed by atoms with Gasteiger partial charge in [-0.05, 0) is 43.0 Å². The molecule has 1 N–H and O–H groups in total. The Morgan fingerprint density at radius 3 is 2.82 bits per heavy atom. The number of amides is 2. The summed E-state index contributed by atoms with van der Waals surface area (Å²) in [6, 6.07) is 5.50. The zero-order valence-electron chi connectivity index (χ0n) is 16.2. The quantitative estimate of drug-likeness (QED) is 0.796. The van der Waals surface area contributed by atoms with Gasteiger partial charge in [0.1, 0.15) is 11.6 Å². The van der Waals surface area contributed by atoms with Crippen LogP contribution >= 0.6 is 0 Å². The van der Waals surface area contributed by atoms with Crippen molar-refractivity contribution in [2.75, 3.05) is 19.6 Å². The lowest BCUT2D eigenvalue weighted by Crippen LogP contribution is -2.44. The molecular weight excluding hydrogens is 359 g/mol. The van der Waals surface area contributed by atoms with Gasteiger partial charge in [-0.1, -0.05) is 6.92 Å². The predicted octanol–water partition coefficient (Wildman–Crippen LogP) is 2.64. The van der Waals surface area contributed by atoms with E-state index in [1.165, 1.54) is 24.3 Å². The SMILES string of the molecule is CCc1nccn1CCC(=O)N1CCCC(CNC(=O)c2ccc(F)cc2)C1. The van der Waals surface area contributed by atoms with Crippen LogP contribution in [0.2, 0.25) is 0 Å². The van der Waals surface area contributed by atoms with E-state index in [-0.39, 0.29) is 23.5 Å². The summed E-state index contributed by atoms with van der Waals surface area (Å²) >= 11 is 0. The van der Waals surface area contributed by atoms with Gasteiger partial charge in [0.05, 0.1) is 0 Å². The lowest BCUT2D eigenvalue weighted by atomic mass is 9.97. The number of halogens is 1. The van der Waals surface area contributed by atoms with Gasteiger partial charge in [-0.3, -0.25) is 9.59 Å². The lowest BCUT2D eigenvalue weighted by Gasteiger charge is -2.33. The third kappa shape index (κ3) is 5.18. The smallest absolute Gasteiger partial charge is 0.251 e. The average molecular weight is 386 g/mol. The van der Waals surface area contributed by atoms with Gasteiger partial charge in [0.15, 0.2) is 0 Å². The van der Waals surface area contributed by atoms with Gasteiger partial charge in [0.25, 0.3) is 5.91 Å². The molecule has 1 fully saturated rings. The first-order valence-corrected chi connectivity index (χ1v) is 9.88. The number of hydrogen-bond acceptors (Lipinski definition) is 3. The number of aromatic nitrogens is 2. The van der Waals surface area contributed by atoms with Crippen molar-refractivity contribution in [3.63, 3.8) is 0 Å². The Morgan fingerprint density at radius 2 is 2.07 bits per heavy atom. The number of benzene rings is 1. The third-order valence-electron chi connectivity index (χ3n) is 5.21. The van der Waals surface area contributed by atoms with Crippen LogP contribution in [-0.2, 0) is 17.8 Å². The summed E-state index contributed by atoms with van der Waals surface area (Å²) in [4.78, 5) is 31.0. The first kappa shape index (κ1) is 20.0. The molecule has 2 heterocycles. The Labute approximate surface area is 164 Å². The van der Waals surface area contributed by atoms with Crippen molar-refractivity contribution in [1.82, 2.24) is 19.8 Å². The van der Waals surface area contributed by atoms with Crippen LogP contribution < -0.4 is 5.32 Å². The molecule has 1 unspecified atom stereocenters. The molecule has 2 aromatic rings. The van der Waals surface area contributed by atoms with Crippen LogP contribution in [0.1, 0.15) is 42.4 Å². The zero-order valence-corrected chi connectivity index (χ0v) is 16.2. The summed E-state index contributed by atoms with van der Waals surface area (Å²) in [5, 5.41) is 2.91. The first-order valence-electron chi connectivity index (χ1n) is 9.88. The maximum absolute atomic E-state index is 13.0. The summed E-state index contributed by atoms with van der Waals surface area (Å²) in [6.45, 7) is 4.64. The molecule has 0 bridgehead atoms. The molecule has 1 saturated heterocycles. The number of piperidine rings is 1. The predicted molar refractivity (Wildman–Crippen MR) is 104 cm³/mol. The minimum atomic E-state index is -0.361. The lowest BCUT2D eigenvalue weighted by molar-refractivity contribution is -0.133. The molecule has 1 atom stereocenters. The number of carbonyl (C=O) groups excluding carboxylic acids is 2. The van der Waals surface area contributed by atoms with Crippen LogP contribution in [0.4, 0.5) is 4.39 Å². The number of nitrogens with zero attached hydrogens (tertiary/aromatic N) is 3. The number of likely N-dealkylation sites (tertiary alicyclic amines) is 1. The number of nitrogens with one attached hydrogen (secondary N) is 1. The van der Waals surface area contributed by atoms with Gasteiger partial charge >= 0.3 is 0 Å². The van der Waals surface area contributed by atoms with Gasteiger partial charge in [0, 0.05) is 57.0 Å². The highest BCUT2D eigenvalue weighted by molar-refractivity contribution is 5.94. The van der Waals surface area contributed by atoms with Gasteiger partial charge in [-0.2, -0.15) is 0 Å². The van der Waals surface area contributed by atoms with Gasteiger partial charge in [-0.15, -0.1) is 0 Å². The highest BCUT2D eigenvalue weighted by atomic mass is 19.1. The summed E-state index contributed by atoms with van der Waals surface area (Å²) in [7, 11) is 0. The van der Waals surface area contributed by atoms with Gasteiger partial charge in [0.2, 0.25) is 5.91 Å². The topological polar surface area (TPSA) is 67.2 Å². The molecule has 1 aliphatic heterocycles. The van der Waals surface area contributed by atoms with Crippen LogP contribution in [-0.4, -0.2) is 45.9 Å². The molecule has 2 amide bonds. The molecule has 6 nitrogen and oxygen atoms in total. The number of carbonyl (C=O) groups is 2. The van der Waals surface area contributed by atoms with Crippen molar-refractivity contribution in [1.29, 1.82) is 0 Å². The molecule has 1 aromatic heterocycles. The van der Waals surface area contributed by atoms with Gasteiger partial charge in [-0.25, -0.2) is 9.37 Å². The highest BCUT2D eigenvalue weighted by Crippen LogP contribution is 2.17. The molecule has 3 rings (SSSR count). The summed E-state index contributed by atoms with van der Waals surface area (Å²) in [6.07, 6.45) is 6.90. The van der Waals surface area contributed by atoms with Crippen molar-refractivity contribution in [2.24, 2.45) is 5.92 Å². The van der Waals surface area contributed by atoms with E-state index in [2.05, 4.69) is 17.2 Å². The minimum absolute atomic E-state index is 0.144. The number of aryl methyl sites for hydroxylation is 2. The molecule has 1 aromatic carbocycles. The molecule has 0 saturated carbocycles. The second-order valence-corrected chi connectivity index (χ2v) is 7.21. The molecule has 0 aliphatic carbocycles. The molecule has 0 spiro atoms. The van der Waals surface area contributed by atoms with Gasteiger partial charge < -0.3 is 14.8 Å². The van der Waals surface area contributed by atoms with E-state index in [1.807, 2.05) is 15.7 Å². The van der Waals surface area contributed by atoms with E-state index < -0.39 is 0 Å². The molecule has 7 heteroatoms. The van der Waals surface area contributed by atoms with E-state index in [1.54, 1.807) is 6.20 Å². The Hall–Kier alpha value is -2.70. The molecule has 0 radical (unpaired) electrons. The molecule has 150 valence electrons. The van der Waals surface area contributed by atoms with Crippen molar-refractivity contribution in [2.45, 2.75) is 39.2 Å². The van der Waals surface area contributed by atoms with E-state index in [4.69, 9.17) is 0 Å². The molecular formula is C21H27FN4O2. The number of hydrogen-bond donors (Lipinski definition) is 1. The van der Waals surface area contributed by atoms with Crippen molar-refractivity contribution in [3.05, 3.63) is 53.9 Å². The van der Waals surface area contributed by atoms with E-state index in [0.29, 0.717) is 31.6 Å². The molecule has 28 heavy (non-hydrogen) atoms. The Kier molecular flexibility index (Phi) is 6.79. The highest BCUT2D eigenvalue weighted by Gasteiger charge is 2.24. The van der Waals surface area contributed by atoms with Crippen molar-refractivity contribution >= 4 is 11.8 Å². The van der Waals surface area contributed by atoms with E-state index in [9.17, 15) is 14.0 Å². The van der Waals surface area contributed by atoms with Crippen LogP contribution in [0, 0.1) is 11.7 Å². The summed E-state index contributed by atoms with van der Waals surface area (Å²) in [5.41, 5.74) is 0.442. The summed E-state index contributed by atoms with van der Waals surface area (Å²) in [5.74, 6) is 0.801. The minimum Gasteiger partial charge on any atom is -0.352 e. The standard InChI is InChI=1S/C21H27FN4O2/c1-2-19-23-10-13-25(19)12-9-20(27)26-11-3-4-16(15-26)14-24-21(28)17-5-7-18(22)8-6-17/h5-8,10,13,16H,2-4,9,11-12,14-15H2,1H3,(H,24,28).